The van der Waals surface area contributed by atoms with Crippen molar-refractivity contribution in [3.63, 3.8) is 0 Å². The summed E-state index contributed by atoms with van der Waals surface area (Å²) in [5, 5.41) is 3.35. The summed E-state index contributed by atoms with van der Waals surface area (Å²) in [6, 6.07) is 0. The average Bonchev–Trinajstić information content (AvgIpc) is 2.35. The summed E-state index contributed by atoms with van der Waals surface area (Å²) < 4.78 is 0. The number of rotatable bonds is 14. The van der Waals surface area contributed by atoms with Crippen molar-refractivity contribution in [2.45, 2.75) is 101 Å². The molecule has 0 bridgehead atoms. The number of hydrogen-bond acceptors (Lipinski definition) is 0. The van der Waals surface area contributed by atoms with Crippen LogP contribution in [0, 0.1) is 0 Å². The first kappa shape index (κ1) is 25.1. The van der Waals surface area contributed by atoms with Crippen molar-refractivity contribution in [1.29, 1.82) is 0 Å². The smallest absolute Gasteiger partial charge is 0.147 e. The van der Waals surface area contributed by atoms with Crippen LogP contribution in [-0.2, 0) is 0 Å². The van der Waals surface area contributed by atoms with Gasteiger partial charge in [-0.1, -0.05) is 0 Å². The molecule has 0 unspecified atom stereocenters. The summed E-state index contributed by atoms with van der Waals surface area (Å²) in [6.45, 7) is 4.60. The summed E-state index contributed by atoms with van der Waals surface area (Å²) in [5.41, 5.74) is 0. The Bertz CT molecular complexity index is 118. The van der Waals surface area contributed by atoms with Crippen LogP contribution < -0.4 is 0 Å². The molecule has 3 heteroatoms. The molecule has 0 aromatic rings. The van der Waals surface area contributed by atoms with Gasteiger partial charge in [-0.15, -0.1) is 24.8 Å². The van der Waals surface area contributed by atoms with Gasteiger partial charge >= 0.3 is 117 Å². The largest absolute Gasteiger partial charge is 0.147 e. The van der Waals surface area contributed by atoms with Crippen LogP contribution >= 0.6 is 24.8 Å². The summed E-state index contributed by atoms with van der Waals surface area (Å²) in [5.74, 6) is 0. The van der Waals surface area contributed by atoms with E-state index in [0.717, 1.165) is 0 Å². The van der Waals surface area contributed by atoms with E-state index < -0.39 is 0 Å². The fourth-order valence-electron chi connectivity index (χ4n) is 2.44. The molecular weight excluding hydrogens is 336 g/mol. The van der Waals surface area contributed by atoms with Gasteiger partial charge in [0.25, 0.3) is 0 Å². The quantitative estimate of drug-likeness (QED) is 0.239. The first-order valence-corrected chi connectivity index (χ1v) is 12.6. The molecule has 0 aliphatic carbocycles. The zero-order valence-corrected chi connectivity index (χ0v) is 18.0. The van der Waals surface area contributed by atoms with Crippen molar-refractivity contribution in [3.05, 3.63) is 0 Å². The molecule has 0 radical (unpaired) electrons. The van der Waals surface area contributed by atoms with E-state index in [1.54, 1.807) is 23.3 Å². The summed E-state index contributed by atoms with van der Waals surface area (Å²) >= 11 is -0.0720. The second-order valence-electron chi connectivity index (χ2n) is 5.60. The van der Waals surface area contributed by atoms with Crippen LogP contribution in [0.1, 0.15) is 90.9 Å². The normalized spacial score (nSPS) is 9.79. The third kappa shape index (κ3) is 24.5. The van der Waals surface area contributed by atoms with E-state index in [9.17, 15) is 0 Å². The van der Waals surface area contributed by atoms with Gasteiger partial charge in [0.1, 0.15) is 0 Å². The Morgan fingerprint density at radius 1 is 0.474 bits per heavy atom. The maximum Gasteiger partial charge on any atom is -0.147 e. The minimum atomic E-state index is -0.0720. The number of unbranched alkanes of at least 4 members (excludes halogenated alkanes) is 10. The first-order valence-electron chi connectivity index (χ1n) is 8.41. The molecular formula is C16H38Cl2Ge. The zero-order chi connectivity index (χ0) is 12.6. The Hall–Kier alpha value is 1.12. The van der Waals surface area contributed by atoms with Gasteiger partial charge in [-0.2, -0.15) is 0 Å². The van der Waals surface area contributed by atoms with Gasteiger partial charge in [0.15, 0.2) is 0 Å². The van der Waals surface area contributed by atoms with Gasteiger partial charge in [0.05, 0.1) is 0 Å². The molecule has 0 aliphatic rings. The number of hydrogen-bond donors (Lipinski definition) is 0. The molecule has 0 fully saturated rings. The Morgan fingerprint density at radius 2 is 0.789 bits per heavy atom. The van der Waals surface area contributed by atoms with Crippen LogP contribution in [0.5, 0.6) is 0 Å². The van der Waals surface area contributed by atoms with Crippen LogP contribution in [-0.4, -0.2) is 15.4 Å². The molecule has 0 saturated heterocycles. The molecule has 0 spiro atoms. The van der Waals surface area contributed by atoms with E-state index in [2.05, 4.69) is 13.8 Å². The molecule has 0 amide bonds. The molecule has 0 N–H and O–H groups in total. The van der Waals surface area contributed by atoms with Crippen LogP contribution in [0.25, 0.3) is 0 Å². The van der Waals surface area contributed by atoms with Crippen LogP contribution in [0.4, 0.5) is 0 Å². The molecule has 0 nitrogen and oxygen atoms in total. The van der Waals surface area contributed by atoms with Crippen LogP contribution in [0.3, 0.4) is 0 Å². The first-order chi connectivity index (χ1) is 8.41. The van der Waals surface area contributed by atoms with Gasteiger partial charge in [-0.25, -0.2) is 0 Å². The van der Waals surface area contributed by atoms with Gasteiger partial charge < -0.3 is 0 Å². The van der Waals surface area contributed by atoms with E-state index in [4.69, 9.17) is 0 Å². The summed E-state index contributed by atoms with van der Waals surface area (Å²) in [4.78, 5) is 0. The van der Waals surface area contributed by atoms with Gasteiger partial charge in [0.2, 0.25) is 0 Å². The molecule has 120 valence electrons. The van der Waals surface area contributed by atoms with Crippen molar-refractivity contribution < 1.29 is 0 Å². The molecule has 0 rings (SSSR count). The molecule has 0 atom stereocenters. The third-order valence-electron chi connectivity index (χ3n) is 3.71. The van der Waals surface area contributed by atoms with Crippen molar-refractivity contribution in [3.8, 4) is 0 Å². The van der Waals surface area contributed by atoms with Crippen molar-refractivity contribution in [2.75, 3.05) is 0 Å². The Kier molecular flexibility index (Phi) is 31.9. The van der Waals surface area contributed by atoms with Crippen molar-refractivity contribution in [2.24, 2.45) is 0 Å². The van der Waals surface area contributed by atoms with E-state index in [1.165, 1.54) is 64.2 Å². The Balaban J connectivity index is -0.00000128. The van der Waals surface area contributed by atoms with E-state index >= 15 is 0 Å². The molecule has 0 saturated carbocycles. The summed E-state index contributed by atoms with van der Waals surface area (Å²) in [7, 11) is 0. The van der Waals surface area contributed by atoms with Crippen molar-refractivity contribution >= 4 is 40.2 Å². The van der Waals surface area contributed by atoms with E-state index in [1.807, 2.05) is 0 Å². The van der Waals surface area contributed by atoms with E-state index in [-0.39, 0.29) is 40.2 Å². The fourth-order valence-corrected chi connectivity index (χ4v) is 6.15. The molecule has 0 aromatic heterocycles. The minimum Gasteiger partial charge on any atom is -0.147 e. The van der Waals surface area contributed by atoms with Gasteiger partial charge in [0, 0.05) is 0 Å². The summed E-state index contributed by atoms with van der Waals surface area (Å²) in [6.07, 6.45) is 17.9. The standard InChI is InChI=1S/C16H36Ge.2ClH/c1-3-5-7-9-11-13-15-17-16-14-12-10-8-6-4-2;;/h3-17H2,1-2H3;2*1H. The Labute approximate surface area is 141 Å². The molecule has 0 aromatic carbocycles. The molecule has 0 aliphatic heterocycles. The Morgan fingerprint density at radius 3 is 1.16 bits per heavy atom. The SMILES string of the molecule is CCCCCCC[CH2][GeH2][CH2]CCCCCCC.Cl.Cl. The maximum absolute atomic E-state index is 2.30. The minimum absolute atomic E-state index is 0. The van der Waals surface area contributed by atoms with Gasteiger partial charge in [-0.3, -0.25) is 0 Å². The predicted molar refractivity (Wildman–Crippen MR) is 99.4 cm³/mol. The van der Waals surface area contributed by atoms with Crippen LogP contribution in [0.2, 0.25) is 10.5 Å². The third-order valence-corrected chi connectivity index (χ3v) is 7.90. The topological polar surface area (TPSA) is 0 Å². The van der Waals surface area contributed by atoms with Gasteiger partial charge in [-0.05, 0) is 0 Å². The number of halogens is 2. The van der Waals surface area contributed by atoms with Crippen LogP contribution in [0.15, 0.2) is 0 Å². The molecule has 19 heavy (non-hydrogen) atoms. The average molecular weight is 374 g/mol. The molecule has 0 heterocycles. The van der Waals surface area contributed by atoms with E-state index in [0.29, 0.717) is 0 Å². The predicted octanol–water partition coefficient (Wildman–Crippen LogP) is 6.56. The second-order valence-corrected chi connectivity index (χ2v) is 10.0. The fraction of sp³-hybridized carbons (Fsp3) is 1.00. The maximum atomic E-state index is 2.30. The second kappa shape index (κ2) is 24.2. The van der Waals surface area contributed by atoms with Crippen molar-refractivity contribution in [1.82, 2.24) is 0 Å². The monoisotopic (exact) mass is 374 g/mol. The zero-order valence-electron chi connectivity index (χ0n) is 13.4.